The molecule has 0 aliphatic heterocycles. The zero-order chi connectivity index (χ0) is 8.27. The number of rotatable bonds is 2. The second-order valence-electron chi connectivity index (χ2n) is 1.61. The SMILES string of the molecule is [NH]C(=O)C(=NO)c1nccs1. The molecule has 0 aliphatic rings. The van der Waals surface area contributed by atoms with Gasteiger partial charge in [-0.25, -0.2) is 4.98 Å². The van der Waals surface area contributed by atoms with Crippen LogP contribution in [0.1, 0.15) is 5.01 Å². The van der Waals surface area contributed by atoms with Gasteiger partial charge >= 0.3 is 0 Å². The maximum atomic E-state index is 10.4. The van der Waals surface area contributed by atoms with Gasteiger partial charge in [0.15, 0.2) is 5.01 Å². The van der Waals surface area contributed by atoms with E-state index in [0.29, 0.717) is 0 Å². The van der Waals surface area contributed by atoms with Crippen LogP contribution in [0.3, 0.4) is 0 Å². The first-order valence-corrected chi connectivity index (χ1v) is 3.51. The van der Waals surface area contributed by atoms with E-state index in [1.165, 1.54) is 6.20 Å². The van der Waals surface area contributed by atoms with Crippen molar-refractivity contribution in [1.29, 1.82) is 0 Å². The lowest BCUT2D eigenvalue weighted by molar-refractivity contribution is -0.112. The summed E-state index contributed by atoms with van der Waals surface area (Å²) in [5.74, 6) is -1.04. The van der Waals surface area contributed by atoms with Crippen molar-refractivity contribution in [2.24, 2.45) is 5.16 Å². The summed E-state index contributed by atoms with van der Waals surface area (Å²) in [4.78, 5) is 14.1. The lowest BCUT2D eigenvalue weighted by atomic mass is 10.4. The van der Waals surface area contributed by atoms with Crippen LogP contribution < -0.4 is 5.73 Å². The third-order valence-corrected chi connectivity index (χ3v) is 1.73. The number of hydrogen-bond donors (Lipinski definition) is 1. The van der Waals surface area contributed by atoms with Crippen LogP contribution >= 0.6 is 11.3 Å². The Hall–Kier alpha value is -1.43. The molecule has 0 aliphatic carbocycles. The van der Waals surface area contributed by atoms with E-state index in [0.717, 1.165) is 11.3 Å². The molecule has 0 bridgehead atoms. The second kappa shape index (κ2) is 3.11. The number of thiazole rings is 1. The standard InChI is InChI=1S/C5H4N3O2S/c6-4(9)3(8-10)5-7-1-2-11-5/h1-2,6,10H. The highest BCUT2D eigenvalue weighted by Gasteiger charge is 2.13. The van der Waals surface area contributed by atoms with Gasteiger partial charge < -0.3 is 5.21 Å². The highest BCUT2D eigenvalue weighted by atomic mass is 32.1. The van der Waals surface area contributed by atoms with E-state index in [9.17, 15) is 4.79 Å². The average molecular weight is 170 g/mol. The molecule has 57 valence electrons. The minimum atomic E-state index is -1.04. The largest absolute Gasteiger partial charge is 0.410 e. The van der Waals surface area contributed by atoms with Crippen molar-refractivity contribution in [2.75, 3.05) is 0 Å². The predicted molar refractivity (Wildman–Crippen MR) is 38.5 cm³/mol. The number of hydrogen-bond acceptors (Lipinski definition) is 5. The second-order valence-corrected chi connectivity index (χ2v) is 2.51. The molecule has 0 spiro atoms. The van der Waals surface area contributed by atoms with Crippen molar-refractivity contribution < 1.29 is 10.0 Å². The molecule has 1 rings (SSSR count). The van der Waals surface area contributed by atoms with Gasteiger partial charge in [0.1, 0.15) is 0 Å². The summed E-state index contributed by atoms with van der Waals surface area (Å²) in [6.07, 6.45) is 1.47. The smallest absolute Gasteiger partial charge is 0.294 e. The van der Waals surface area contributed by atoms with E-state index in [2.05, 4.69) is 10.1 Å². The maximum Gasteiger partial charge on any atom is 0.294 e. The van der Waals surface area contributed by atoms with E-state index in [-0.39, 0.29) is 10.7 Å². The van der Waals surface area contributed by atoms with Crippen LogP contribution in [0.4, 0.5) is 0 Å². The molecule has 6 heteroatoms. The first kappa shape index (κ1) is 7.67. The number of oxime groups is 1. The Kier molecular flexibility index (Phi) is 2.17. The molecular formula is C5H4N3O2S. The Morgan fingerprint density at radius 1 is 1.82 bits per heavy atom. The van der Waals surface area contributed by atoms with Gasteiger partial charge in [0, 0.05) is 11.6 Å². The Labute approximate surface area is 66.2 Å². The Morgan fingerprint density at radius 2 is 2.55 bits per heavy atom. The molecule has 0 saturated heterocycles. The molecule has 0 unspecified atom stereocenters. The molecule has 11 heavy (non-hydrogen) atoms. The third kappa shape index (κ3) is 1.53. The van der Waals surface area contributed by atoms with Crippen molar-refractivity contribution in [1.82, 2.24) is 10.7 Å². The molecular weight excluding hydrogens is 166 g/mol. The topological polar surface area (TPSA) is 86.4 Å². The van der Waals surface area contributed by atoms with Gasteiger partial charge in [-0.2, -0.15) is 0 Å². The van der Waals surface area contributed by atoms with Crippen molar-refractivity contribution in [2.45, 2.75) is 0 Å². The van der Waals surface area contributed by atoms with Crippen LogP contribution in [0.15, 0.2) is 16.7 Å². The molecule has 1 aromatic rings. The van der Waals surface area contributed by atoms with E-state index in [1.807, 2.05) is 0 Å². The quantitative estimate of drug-likeness (QED) is 0.389. The predicted octanol–water partition coefficient (Wildman–Crippen LogP) is 0.131. The van der Waals surface area contributed by atoms with Crippen molar-refractivity contribution in [3.8, 4) is 0 Å². The van der Waals surface area contributed by atoms with Gasteiger partial charge in [0.2, 0.25) is 5.71 Å². The highest BCUT2D eigenvalue weighted by molar-refractivity contribution is 7.12. The van der Waals surface area contributed by atoms with Crippen LogP contribution in [0.5, 0.6) is 0 Å². The minimum absolute atomic E-state index is 0.257. The molecule has 1 amide bonds. The Morgan fingerprint density at radius 3 is 2.91 bits per heavy atom. The molecule has 0 aromatic carbocycles. The Balaban J connectivity index is 2.99. The van der Waals surface area contributed by atoms with Gasteiger partial charge in [0.25, 0.3) is 5.91 Å². The lowest BCUT2D eigenvalue weighted by Gasteiger charge is -1.90. The maximum absolute atomic E-state index is 10.4. The van der Waals surface area contributed by atoms with E-state index >= 15 is 0 Å². The lowest BCUT2D eigenvalue weighted by Crippen LogP contribution is -2.15. The van der Waals surface area contributed by atoms with Gasteiger partial charge in [-0.15, -0.1) is 11.3 Å². The number of carbonyl (C=O) groups excluding carboxylic acids is 1. The summed E-state index contributed by atoms with van der Waals surface area (Å²) in [5, 5.41) is 12.8. The summed E-state index contributed by atoms with van der Waals surface area (Å²) in [5.41, 5.74) is 6.33. The normalized spacial score (nSPS) is 11.5. The van der Waals surface area contributed by atoms with E-state index < -0.39 is 5.91 Å². The summed E-state index contributed by atoms with van der Waals surface area (Å²) in [6, 6.07) is 0. The summed E-state index contributed by atoms with van der Waals surface area (Å²) in [7, 11) is 0. The number of amides is 1. The van der Waals surface area contributed by atoms with Crippen LogP contribution in [0.2, 0.25) is 0 Å². The van der Waals surface area contributed by atoms with Crippen LogP contribution in [-0.4, -0.2) is 21.8 Å². The zero-order valence-corrected chi connectivity index (χ0v) is 6.13. The van der Waals surface area contributed by atoms with Crippen LogP contribution in [-0.2, 0) is 4.79 Å². The van der Waals surface area contributed by atoms with Gasteiger partial charge in [-0.05, 0) is 0 Å². The average Bonchev–Trinajstić information content (AvgIpc) is 2.40. The molecule has 1 heterocycles. The minimum Gasteiger partial charge on any atom is -0.410 e. The third-order valence-electron chi connectivity index (χ3n) is 0.950. The van der Waals surface area contributed by atoms with Crippen LogP contribution in [0, 0.1) is 0 Å². The summed E-state index contributed by atoms with van der Waals surface area (Å²) >= 11 is 1.14. The molecule has 0 atom stereocenters. The van der Waals surface area contributed by atoms with Gasteiger partial charge in [0.05, 0.1) is 0 Å². The van der Waals surface area contributed by atoms with Crippen molar-refractivity contribution in [3.63, 3.8) is 0 Å². The van der Waals surface area contributed by atoms with Crippen LogP contribution in [0.25, 0.3) is 0 Å². The highest BCUT2D eigenvalue weighted by Crippen LogP contribution is 2.05. The monoisotopic (exact) mass is 170 g/mol. The number of nitrogens with one attached hydrogen (secondary N) is 1. The number of nitrogens with zero attached hydrogens (tertiary/aromatic N) is 2. The van der Waals surface area contributed by atoms with Crippen molar-refractivity contribution >= 4 is 23.0 Å². The summed E-state index contributed by atoms with van der Waals surface area (Å²) < 4.78 is 0. The molecule has 1 aromatic heterocycles. The first-order valence-electron chi connectivity index (χ1n) is 2.63. The summed E-state index contributed by atoms with van der Waals surface area (Å²) in [6.45, 7) is 0. The van der Waals surface area contributed by atoms with E-state index in [1.54, 1.807) is 5.38 Å². The molecule has 1 radical (unpaired) electrons. The van der Waals surface area contributed by atoms with Gasteiger partial charge in [-0.1, -0.05) is 5.16 Å². The van der Waals surface area contributed by atoms with Gasteiger partial charge in [-0.3, -0.25) is 10.5 Å². The number of aromatic nitrogens is 1. The number of carbonyl (C=O) groups is 1. The molecule has 2 N–H and O–H groups in total. The fraction of sp³-hybridized carbons (Fsp3) is 0. The van der Waals surface area contributed by atoms with Crippen molar-refractivity contribution in [3.05, 3.63) is 16.6 Å². The fourth-order valence-corrected chi connectivity index (χ4v) is 1.14. The fourth-order valence-electron chi connectivity index (χ4n) is 0.526. The molecule has 5 nitrogen and oxygen atoms in total. The van der Waals surface area contributed by atoms with E-state index in [4.69, 9.17) is 10.9 Å². The molecule has 0 saturated carbocycles. The molecule has 0 fully saturated rings. The Bertz CT molecular complexity index is 280. The zero-order valence-electron chi connectivity index (χ0n) is 5.31. The first-order chi connectivity index (χ1) is 5.25.